The van der Waals surface area contributed by atoms with Gasteiger partial charge in [-0.3, -0.25) is 0 Å². The zero-order valence-electron chi connectivity index (χ0n) is 9.12. The van der Waals surface area contributed by atoms with Gasteiger partial charge in [0.2, 0.25) is 0 Å². The first-order valence-corrected chi connectivity index (χ1v) is 5.40. The van der Waals surface area contributed by atoms with Crippen molar-refractivity contribution in [3.05, 3.63) is 18.0 Å². The molecule has 0 saturated heterocycles. The smallest absolute Gasteiger partial charge is 0.316 e. The molecule has 2 rings (SSSR count). The highest BCUT2D eigenvalue weighted by molar-refractivity contribution is 5.10. The Labute approximate surface area is 92.9 Å². The zero-order chi connectivity index (χ0) is 11.6. The Morgan fingerprint density at radius 3 is 2.81 bits per heavy atom. The lowest BCUT2D eigenvalue weighted by Gasteiger charge is -2.24. The van der Waals surface area contributed by atoms with Crippen molar-refractivity contribution in [2.24, 2.45) is 5.92 Å². The molecule has 1 aliphatic carbocycles. The second-order valence-corrected chi connectivity index (χ2v) is 4.22. The molecular formula is C11H14F2N2O. The van der Waals surface area contributed by atoms with Crippen molar-refractivity contribution >= 4 is 0 Å². The van der Waals surface area contributed by atoms with E-state index in [1.165, 1.54) is 18.7 Å². The molecule has 0 aromatic carbocycles. The maximum atomic E-state index is 13.0. The van der Waals surface area contributed by atoms with Gasteiger partial charge in [-0.05, 0) is 24.8 Å². The third-order valence-electron chi connectivity index (χ3n) is 2.76. The zero-order valence-corrected chi connectivity index (χ0v) is 9.12. The van der Waals surface area contributed by atoms with Crippen LogP contribution < -0.4 is 4.74 Å². The summed E-state index contributed by atoms with van der Waals surface area (Å²) in [5, 5.41) is 0. The van der Waals surface area contributed by atoms with Gasteiger partial charge in [0.25, 0.3) is 5.92 Å². The van der Waals surface area contributed by atoms with Gasteiger partial charge in [0.1, 0.15) is 5.69 Å². The molecule has 5 heteroatoms. The predicted molar refractivity (Wildman–Crippen MR) is 54.4 cm³/mol. The van der Waals surface area contributed by atoms with E-state index in [2.05, 4.69) is 9.97 Å². The molecule has 1 saturated carbocycles. The topological polar surface area (TPSA) is 35.0 Å². The summed E-state index contributed by atoms with van der Waals surface area (Å²) in [6.45, 7) is 1.34. The molecule has 0 radical (unpaired) electrons. The van der Waals surface area contributed by atoms with Crippen molar-refractivity contribution in [3.63, 3.8) is 0 Å². The van der Waals surface area contributed by atoms with E-state index in [4.69, 9.17) is 4.74 Å². The van der Waals surface area contributed by atoms with Crippen LogP contribution >= 0.6 is 0 Å². The van der Waals surface area contributed by atoms with Crippen molar-refractivity contribution < 1.29 is 13.5 Å². The lowest BCUT2D eigenvalue weighted by molar-refractivity contribution is 0.0116. The van der Waals surface area contributed by atoms with Crippen LogP contribution in [0.1, 0.15) is 31.9 Å². The summed E-state index contributed by atoms with van der Waals surface area (Å²) in [6, 6.07) is 1.25. The van der Waals surface area contributed by atoms with E-state index in [1.54, 1.807) is 0 Å². The van der Waals surface area contributed by atoms with Gasteiger partial charge >= 0.3 is 6.01 Å². The quantitative estimate of drug-likeness (QED) is 0.794. The van der Waals surface area contributed by atoms with Crippen LogP contribution in [0, 0.1) is 5.92 Å². The molecule has 0 bridgehead atoms. The standard InChI is InChI=1S/C11H14F2N2O/c1-11(12,13)9-5-6-14-10(15-9)16-7-8-3-2-4-8/h5-6,8H,2-4,7H2,1H3. The first-order valence-electron chi connectivity index (χ1n) is 5.40. The van der Waals surface area contributed by atoms with Crippen LogP contribution in [-0.4, -0.2) is 16.6 Å². The molecule has 0 atom stereocenters. The highest BCUT2D eigenvalue weighted by Gasteiger charge is 2.27. The van der Waals surface area contributed by atoms with Crippen molar-refractivity contribution in [2.75, 3.05) is 6.61 Å². The summed E-state index contributed by atoms with van der Waals surface area (Å²) < 4.78 is 31.2. The summed E-state index contributed by atoms with van der Waals surface area (Å²) in [7, 11) is 0. The van der Waals surface area contributed by atoms with Gasteiger partial charge in [-0.25, -0.2) is 4.98 Å². The van der Waals surface area contributed by atoms with E-state index in [9.17, 15) is 8.78 Å². The summed E-state index contributed by atoms with van der Waals surface area (Å²) >= 11 is 0. The van der Waals surface area contributed by atoms with Crippen molar-refractivity contribution in [1.29, 1.82) is 0 Å². The van der Waals surface area contributed by atoms with E-state index < -0.39 is 5.92 Å². The van der Waals surface area contributed by atoms with E-state index in [-0.39, 0.29) is 11.7 Å². The number of nitrogens with zero attached hydrogens (tertiary/aromatic N) is 2. The van der Waals surface area contributed by atoms with E-state index in [1.807, 2.05) is 0 Å². The molecule has 3 nitrogen and oxygen atoms in total. The Kier molecular flexibility index (Phi) is 3.03. The number of ether oxygens (including phenoxy) is 1. The van der Waals surface area contributed by atoms with Crippen molar-refractivity contribution in [1.82, 2.24) is 9.97 Å². The third-order valence-corrected chi connectivity index (χ3v) is 2.76. The van der Waals surface area contributed by atoms with Gasteiger partial charge in [0.05, 0.1) is 6.61 Å². The fraction of sp³-hybridized carbons (Fsp3) is 0.636. The molecule has 0 spiro atoms. The lowest BCUT2D eigenvalue weighted by atomic mass is 9.86. The summed E-state index contributed by atoms with van der Waals surface area (Å²) in [5.74, 6) is -2.41. The average Bonchev–Trinajstić information content (AvgIpc) is 2.14. The molecule has 88 valence electrons. The van der Waals surface area contributed by atoms with E-state index in [0.717, 1.165) is 19.8 Å². The average molecular weight is 228 g/mol. The van der Waals surface area contributed by atoms with Crippen LogP contribution in [0.25, 0.3) is 0 Å². The minimum absolute atomic E-state index is 0.0472. The number of alkyl halides is 2. The van der Waals surface area contributed by atoms with E-state index in [0.29, 0.717) is 12.5 Å². The van der Waals surface area contributed by atoms with Crippen LogP contribution in [0.15, 0.2) is 12.3 Å². The van der Waals surface area contributed by atoms with Gasteiger partial charge in [-0.15, -0.1) is 0 Å². The van der Waals surface area contributed by atoms with Gasteiger partial charge in [-0.2, -0.15) is 13.8 Å². The minimum atomic E-state index is -2.95. The van der Waals surface area contributed by atoms with Crippen LogP contribution in [-0.2, 0) is 5.92 Å². The van der Waals surface area contributed by atoms with Gasteiger partial charge in [0.15, 0.2) is 0 Å². The van der Waals surface area contributed by atoms with Crippen LogP contribution in [0.2, 0.25) is 0 Å². The summed E-state index contributed by atoms with van der Waals surface area (Å²) in [6.07, 6.45) is 4.81. The second-order valence-electron chi connectivity index (χ2n) is 4.22. The first kappa shape index (κ1) is 11.2. The minimum Gasteiger partial charge on any atom is -0.463 e. The molecule has 0 amide bonds. The largest absolute Gasteiger partial charge is 0.463 e. The van der Waals surface area contributed by atoms with Crippen molar-refractivity contribution in [2.45, 2.75) is 32.1 Å². The molecule has 1 fully saturated rings. The number of hydrogen-bond donors (Lipinski definition) is 0. The molecule has 1 heterocycles. The highest BCUT2D eigenvalue weighted by Crippen LogP contribution is 2.28. The fourth-order valence-electron chi connectivity index (χ4n) is 1.51. The number of rotatable bonds is 4. The molecule has 0 aliphatic heterocycles. The Balaban J connectivity index is 1.98. The lowest BCUT2D eigenvalue weighted by Crippen LogP contribution is -2.20. The molecule has 1 aromatic rings. The molecular weight excluding hydrogens is 214 g/mol. The van der Waals surface area contributed by atoms with Crippen LogP contribution in [0.4, 0.5) is 8.78 Å². The Morgan fingerprint density at radius 2 is 2.25 bits per heavy atom. The fourth-order valence-corrected chi connectivity index (χ4v) is 1.51. The van der Waals surface area contributed by atoms with Crippen molar-refractivity contribution in [3.8, 4) is 6.01 Å². The van der Waals surface area contributed by atoms with Gasteiger partial charge in [0, 0.05) is 13.1 Å². The summed E-state index contributed by atoms with van der Waals surface area (Å²) in [5.41, 5.74) is -0.300. The number of halogens is 2. The molecule has 16 heavy (non-hydrogen) atoms. The monoisotopic (exact) mass is 228 g/mol. The normalized spacial score (nSPS) is 16.9. The molecule has 0 N–H and O–H groups in total. The number of hydrogen-bond acceptors (Lipinski definition) is 3. The maximum absolute atomic E-state index is 13.0. The Hall–Kier alpha value is -1.26. The van der Waals surface area contributed by atoms with E-state index >= 15 is 0 Å². The van der Waals surface area contributed by atoms with Gasteiger partial charge in [-0.1, -0.05) is 6.42 Å². The first-order chi connectivity index (χ1) is 7.55. The Bertz CT molecular complexity index is 361. The SMILES string of the molecule is CC(F)(F)c1ccnc(OCC2CCC2)n1. The third kappa shape index (κ3) is 2.65. The van der Waals surface area contributed by atoms with Crippen LogP contribution in [0.5, 0.6) is 6.01 Å². The highest BCUT2D eigenvalue weighted by atomic mass is 19.3. The summed E-state index contributed by atoms with van der Waals surface area (Å²) in [4.78, 5) is 7.51. The predicted octanol–water partition coefficient (Wildman–Crippen LogP) is 2.77. The maximum Gasteiger partial charge on any atom is 0.316 e. The molecule has 1 aliphatic rings. The molecule has 1 aromatic heterocycles. The van der Waals surface area contributed by atoms with Crippen LogP contribution in [0.3, 0.4) is 0 Å². The Morgan fingerprint density at radius 1 is 1.50 bits per heavy atom. The molecule has 0 unspecified atom stereocenters. The number of aromatic nitrogens is 2. The van der Waals surface area contributed by atoms with Gasteiger partial charge < -0.3 is 4.74 Å². The second kappa shape index (κ2) is 4.31.